The highest BCUT2D eigenvalue weighted by atomic mass is 16.3. The first-order valence-corrected chi connectivity index (χ1v) is 35.2. The highest BCUT2D eigenvalue weighted by Crippen LogP contribution is 2.15. The highest BCUT2D eigenvalue weighted by molar-refractivity contribution is 5.98. The molecule has 11 amide bonds. The molecule has 558 valence electrons. The first-order valence-electron chi connectivity index (χ1n) is 35.2. The number of hydrogen-bond donors (Lipinski definition) is 18. The molecule has 0 aromatic carbocycles. The van der Waals surface area contributed by atoms with E-state index in [1.807, 2.05) is 13.8 Å². The predicted octanol–water partition coefficient (Wildman–Crippen LogP) is -0.151. The van der Waals surface area contributed by atoms with Gasteiger partial charge in [-0.25, -0.2) is 0 Å². The van der Waals surface area contributed by atoms with Crippen LogP contribution in [0.3, 0.4) is 0 Å². The second-order valence-corrected chi connectivity index (χ2v) is 26.7. The first-order chi connectivity index (χ1) is 45.8. The smallest absolute Gasteiger partial charge is 0.245 e. The number of aliphatic hydroxyl groups excluding tert-OH is 2. The van der Waals surface area contributed by atoms with E-state index >= 15 is 0 Å². The maximum absolute atomic E-state index is 14.2. The summed E-state index contributed by atoms with van der Waals surface area (Å²) in [5.74, 6) is -9.70. The van der Waals surface area contributed by atoms with Gasteiger partial charge < -0.3 is 97.4 Å². The second kappa shape index (κ2) is 51.8. The molecule has 0 aromatic rings. The number of guanidine groups is 2. The number of nitrogens with one attached hydrogen (secondary N) is 11. The Bertz CT molecular complexity index is 2440. The van der Waals surface area contributed by atoms with E-state index in [2.05, 4.69) is 75.4 Å². The molecule has 97 heavy (non-hydrogen) atoms. The Morgan fingerprint density at radius 2 is 0.845 bits per heavy atom. The van der Waals surface area contributed by atoms with Crippen LogP contribution in [0.4, 0.5) is 0 Å². The van der Waals surface area contributed by atoms with Gasteiger partial charge in [-0.15, -0.1) is 0 Å². The van der Waals surface area contributed by atoms with Crippen LogP contribution in [-0.4, -0.2) is 186 Å². The molecule has 0 aromatic heterocycles. The molecule has 10 atom stereocenters. The lowest BCUT2D eigenvalue weighted by Gasteiger charge is -2.29. The van der Waals surface area contributed by atoms with Crippen LogP contribution in [0.2, 0.25) is 0 Å². The lowest BCUT2D eigenvalue weighted by atomic mass is 9.99. The first kappa shape index (κ1) is 89.6. The van der Waals surface area contributed by atoms with Crippen molar-refractivity contribution in [1.82, 2.24) is 58.5 Å². The van der Waals surface area contributed by atoms with E-state index in [1.165, 1.54) is 65.2 Å². The minimum atomic E-state index is -1.69. The number of primary amides is 1. The van der Waals surface area contributed by atoms with Gasteiger partial charge in [0.25, 0.3) is 0 Å². The van der Waals surface area contributed by atoms with Gasteiger partial charge in [-0.2, -0.15) is 0 Å². The van der Waals surface area contributed by atoms with Gasteiger partial charge in [0.15, 0.2) is 11.9 Å². The molecule has 0 heterocycles. The van der Waals surface area contributed by atoms with E-state index in [-0.39, 0.29) is 94.4 Å². The topological polar surface area (TPSA) is 515 Å². The van der Waals surface area contributed by atoms with E-state index in [1.54, 1.807) is 41.5 Å². The monoisotopic (exact) mass is 1380 g/mol. The van der Waals surface area contributed by atoms with Gasteiger partial charge >= 0.3 is 0 Å². The molecule has 0 radical (unpaired) electrons. The summed E-state index contributed by atoms with van der Waals surface area (Å²) in [6.45, 7) is 18.1. The van der Waals surface area contributed by atoms with Gasteiger partial charge in [0, 0.05) is 25.6 Å². The molecular weight excluding hydrogens is 1250 g/mol. The van der Waals surface area contributed by atoms with Crippen LogP contribution in [0.5, 0.6) is 0 Å². The fourth-order valence-corrected chi connectivity index (χ4v) is 10.3. The second-order valence-electron chi connectivity index (χ2n) is 26.7. The molecule has 31 heteroatoms. The van der Waals surface area contributed by atoms with Gasteiger partial charge in [0.2, 0.25) is 65.0 Å². The van der Waals surface area contributed by atoms with Gasteiger partial charge in [-0.3, -0.25) is 62.7 Å². The standard InChI is InChI=1S/C66H126N18O13/c1-12-13-14-15-16-17-18-19-20-21-22-23-24-32-52(87)78-51(39-85)58(91)74-38-53(88)77-47(31-28-35-73-66(71)75-43(8)9)60(93)83-54(42(6)7)63(96)82-49(36-40(2)3)61(94)76-44(10)57(90)84-55(45(11)86)64(97)80-48(29-25-26-33-67)59(92)81-50(37-41(4)5)62(95)79-46(56(68)89)30-27-34-72-65(69)70/h40-51,54-55,85-86H,12-39,67H2,1-11H3,(H2,68,89)(H,74,91)(H,76,94)(H,77,88)(H,78,87)(H,79,95)(H,80,97)(H,81,92)(H,82,96)(H,83,93)(H,84,90)(H4,69,70,72)(H3,71,73,75). The lowest BCUT2D eigenvalue weighted by Crippen LogP contribution is -2.62. The van der Waals surface area contributed by atoms with Crippen LogP contribution in [0.1, 0.15) is 224 Å². The molecule has 31 nitrogen and oxygen atoms in total. The average Bonchev–Trinajstić information content (AvgIpc) is 1.94. The predicted molar refractivity (Wildman–Crippen MR) is 375 cm³/mol. The van der Waals surface area contributed by atoms with Crippen molar-refractivity contribution in [2.45, 2.75) is 290 Å². The molecule has 23 N–H and O–H groups in total. The molecule has 0 bridgehead atoms. The molecule has 10 unspecified atom stereocenters. The zero-order chi connectivity index (χ0) is 73.6. The molecule has 0 saturated carbocycles. The van der Waals surface area contributed by atoms with Crippen molar-refractivity contribution in [3.8, 4) is 0 Å². The summed E-state index contributed by atoms with van der Waals surface area (Å²) in [5.41, 5.74) is 28.1. The summed E-state index contributed by atoms with van der Waals surface area (Å²) in [6, 6.07) is -12.0. The maximum Gasteiger partial charge on any atom is 0.245 e. The van der Waals surface area contributed by atoms with Crippen molar-refractivity contribution in [1.29, 1.82) is 0 Å². The van der Waals surface area contributed by atoms with E-state index in [0.29, 0.717) is 25.7 Å². The third-order valence-corrected chi connectivity index (χ3v) is 15.7. The van der Waals surface area contributed by atoms with E-state index < -0.39 is 145 Å². The largest absolute Gasteiger partial charge is 0.394 e. The molecule has 0 rings (SSSR count). The van der Waals surface area contributed by atoms with E-state index in [0.717, 1.165) is 25.7 Å². The van der Waals surface area contributed by atoms with Crippen molar-refractivity contribution in [3.63, 3.8) is 0 Å². The van der Waals surface area contributed by atoms with Crippen molar-refractivity contribution >= 4 is 76.9 Å². The normalized spacial score (nSPS) is 14.6. The quantitative estimate of drug-likeness (QED) is 0.0214. The lowest BCUT2D eigenvalue weighted by molar-refractivity contribution is -0.137. The summed E-state index contributed by atoms with van der Waals surface area (Å²) in [6.07, 6.45) is 14.9. The Hall–Kier alpha value is -7.41. The number of nitrogens with zero attached hydrogens (tertiary/aromatic N) is 2. The number of aliphatic hydroxyl groups is 2. The van der Waals surface area contributed by atoms with E-state index in [4.69, 9.17) is 28.7 Å². The van der Waals surface area contributed by atoms with Crippen LogP contribution >= 0.6 is 0 Å². The number of hydrogen-bond acceptors (Lipinski definition) is 16. The van der Waals surface area contributed by atoms with Gasteiger partial charge in [-0.1, -0.05) is 126 Å². The van der Waals surface area contributed by atoms with Crippen molar-refractivity contribution < 1.29 is 63.0 Å². The van der Waals surface area contributed by atoms with Gasteiger partial charge in [-0.05, 0) is 116 Å². The Balaban J connectivity index is 6.23. The van der Waals surface area contributed by atoms with Crippen molar-refractivity contribution in [2.75, 3.05) is 32.8 Å². The van der Waals surface area contributed by atoms with Crippen molar-refractivity contribution in [3.05, 3.63) is 0 Å². The summed E-state index contributed by atoms with van der Waals surface area (Å²) in [7, 11) is 0. The van der Waals surface area contributed by atoms with Gasteiger partial charge in [0.1, 0.15) is 54.4 Å². The number of unbranched alkanes of at least 4 members (excludes halogenated alkanes) is 13. The van der Waals surface area contributed by atoms with Crippen LogP contribution in [0.15, 0.2) is 9.98 Å². The zero-order valence-corrected chi connectivity index (χ0v) is 60.0. The molecule has 0 aliphatic carbocycles. The fourth-order valence-electron chi connectivity index (χ4n) is 10.3. The average molecular weight is 1380 g/mol. The summed E-state index contributed by atoms with van der Waals surface area (Å²) in [5, 5.41) is 49.6. The fraction of sp³-hybridized carbons (Fsp3) is 0.803. The third-order valence-electron chi connectivity index (χ3n) is 15.7. The molecule has 0 saturated heterocycles. The SMILES string of the molecule is CCCCCCCCCCCCCCCC(=O)NC(CO)C(=O)NCC(=O)NC(CCCN=C(N)NC(C)C)C(=O)NC(C(=O)NC(CC(C)C)C(=O)NC(C)C(=O)NC(C(=O)NC(CCCCN)C(=O)NC(CC(C)C)C(=O)NC(CCCN=C(N)N)C(N)=O)C(C)O)C(C)C. The number of carbonyl (C=O) groups is 11. The molecule has 0 fully saturated rings. The van der Waals surface area contributed by atoms with Crippen LogP contribution in [-0.2, 0) is 52.7 Å². The Kier molecular flexibility index (Phi) is 47.8. The van der Waals surface area contributed by atoms with Crippen LogP contribution in [0.25, 0.3) is 0 Å². The Morgan fingerprint density at radius 3 is 1.34 bits per heavy atom. The highest BCUT2D eigenvalue weighted by Gasteiger charge is 2.36. The maximum atomic E-state index is 14.2. The summed E-state index contributed by atoms with van der Waals surface area (Å²) >= 11 is 0. The Morgan fingerprint density at radius 1 is 0.412 bits per heavy atom. The molecule has 0 spiro atoms. The summed E-state index contributed by atoms with van der Waals surface area (Å²) < 4.78 is 0. The molecular formula is C66H126N18O13. The van der Waals surface area contributed by atoms with E-state index in [9.17, 15) is 63.0 Å². The molecule has 0 aliphatic rings. The number of rotatable bonds is 54. The number of aliphatic imine (C=N–C) groups is 2. The summed E-state index contributed by atoms with van der Waals surface area (Å²) in [4.78, 5) is 158. The Labute approximate surface area is 575 Å². The minimum absolute atomic E-state index is 0.0165. The van der Waals surface area contributed by atoms with Gasteiger partial charge in [0.05, 0.1) is 19.3 Å². The van der Waals surface area contributed by atoms with Crippen LogP contribution in [0, 0.1) is 17.8 Å². The number of amides is 11. The molecule has 0 aliphatic heterocycles. The number of carbonyl (C=O) groups excluding carboxylic acids is 11. The zero-order valence-electron chi connectivity index (χ0n) is 60.0. The third kappa shape index (κ3) is 42.1. The van der Waals surface area contributed by atoms with Crippen LogP contribution < -0.4 is 87.2 Å². The minimum Gasteiger partial charge on any atom is -0.394 e. The van der Waals surface area contributed by atoms with Crippen molar-refractivity contribution in [2.24, 2.45) is 56.4 Å². The number of nitrogens with two attached hydrogens (primary N) is 5.